The van der Waals surface area contributed by atoms with E-state index in [2.05, 4.69) is 18.3 Å². The normalized spacial score (nSPS) is 10.7. The molecule has 5 nitrogen and oxygen atoms in total. The lowest BCUT2D eigenvalue weighted by Gasteiger charge is -2.08. The predicted octanol–water partition coefficient (Wildman–Crippen LogP) is 4.13. The zero-order chi connectivity index (χ0) is 19.1. The van der Waals surface area contributed by atoms with E-state index in [9.17, 15) is 4.79 Å². The minimum Gasteiger partial charge on any atom is -0.494 e. The summed E-state index contributed by atoms with van der Waals surface area (Å²) in [5.41, 5.74) is 2.95. The summed E-state index contributed by atoms with van der Waals surface area (Å²) in [5.74, 6) is 1.52. The molecule has 3 aromatic rings. The monoisotopic (exact) mass is 367 g/mol. The number of fused-ring (bicyclic) bond motifs is 1. The van der Waals surface area contributed by atoms with E-state index in [-0.39, 0.29) is 5.91 Å². The molecule has 1 heterocycles. The number of rotatable bonds is 9. The molecule has 5 heteroatoms. The fourth-order valence-corrected chi connectivity index (χ4v) is 2.88. The van der Waals surface area contributed by atoms with Gasteiger partial charge in [0, 0.05) is 10.9 Å². The standard InChI is InChI=1S/C22H25NO4/c1-3-16-5-10-20-17(15-27-21(20)13-16)14-22(24)23-11-12-26-19-8-6-18(7-9-19)25-4-2/h5-10,13,15H,3-4,11-12,14H2,1-2H3,(H,23,24). The van der Waals surface area contributed by atoms with Crippen LogP contribution in [0.3, 0.4) is 0 Å². The van der Waals surface area contributed by atoms with Gasteiger partial charge in [0.1, 0.15) is 23.7 Å². The van der Waals surface area contributed by atoms with Crippen molar-refractivity contribution in [2.24, 2.45) is 0 Å². The number of hydrogen-bond acceptors (Lipinski definition) is 4. The van der Waals surface area contributed by atoms with E-state index in [4.69, 9.17) is 13.9 Å². The molecule has 0 spiro atoms. The van der Waals surface area contributed by atoms with Crippen LogP contribution < -0.4 is 14.8 Å². The summed E-state index contributed by atoms with van der Waals surface area (Å²) in [7, 11) is 0. The number of carbonyl (C=O) groups excluding carboxylic acids is 1. The van der Waals surface area contributed by atoms with Gasteiger partial charge in [0.05, 0.1) is 25.8 Å². The van der Waals surface area contributed by atoms with Gasteiger partial charge >= 0.3 is 0 Å². The molecule has 0 radical (unpaired) electrons. The highest BCUT2D eigenvalue weighted by Gasteiger charge is 2.10. The quantitative estimate of drug-likeness (QED) is 0.578. The first-order valence-corrected chi connectivity index (χ1v) is 9.31. The lowest BCUT2D eigenvalue weighted by Crippen LogP contribution is -2.29. The van der Waals surface area contributed by atoms with Crippen molar-refractivity contribution < 1.29 is 18.7 Å². The Hall–Kier alpha value is -2.95. The number of aryl methyl sites for hydroxylation is 1. The van der Waals surface area contributed by atoms with Crippen LogP contribution in [0.4, 0.5) is 0 Å². The van der Waals surface area contributed by atoms with Gasteiger partial charge in [-0.05, 0) is 49.2 Å². The fraction of sp³-hybridized carbons (Fsp3) is 0.318. The summed E-state index contributed by atoms with van der Waals surface area (Å²) in [4.78, 5) is 12.2. The summed E-state index contributed by atoms with van der Waals surface area (Å²) in [6, 6.07) is 13.6. The maximum atomic E-state index is 12.2. The number of nitrogens with one attached hydrogen (secondary N) is 1. The number of carbonyl (C=O) groups is 1. The minimum absolute atomic E-state index is 0.0486. The van der Waals surface area contributed by atoms with Gasteiger partial charge in [0.15, 0.2) is 0 Å². The van der Waals surface area contributed by atoms with Gasteiger partial charge in [-0.3, -0.25) is 4.79 Å². The fourth-order valence-electron chi connectivity index (χ4n) is 2.88. The highest BCUT2D eigenvalue weighted by atomic mass is 16.5. The SMILES string of the molecule is CCOc1ccc(OCCNC(=O)Cc2coc3cc(CC)ccc23)cc1. The molecule has 0 atom stereocenters. The molecule has 0 aliphatic carbocycles. The van der Waals surface area contributed by atoms with Gasteiger partial charge in [-0.15, -0.1) is 0 Å². The van der Waals surface area contributed by atoms with E-state index in [0.29, 0.717) is 26.2 Å². The maximum absolute atomic E-state index is 12.2. The Kier molecular flexibility index (Phi) is 6.36. The van der Waals surface area contributed by atoms with Crippen LogP contribution in [0.15, 0.2) is 53.1 Å². The molecule has 1 N–H and O–H groups in total. The van der Waals surface area contributed by atoms with E-state index < -0.39 is 0 Å². The van der Waals surface area contributed by atoms with Crippen LogP contribution in [0.1, 0.15) is 25.0 Å². The smallest absolute Gasteiger partial charge is 0.224 e. The zero-order valence-corrected chi connectivity index (χ0v) is 15.8. The van der Waals surface area contributed by atoms with E-state index >= 15 is 0 Å². The van der Waals surface area contributed by atoms with E-state index in [1.54, 1.807) is 6.26 Å². The second-order valence-electron chi connectivity index (χ2n) is 6.22. The van der Waals surface area contributed by atoms with Gasteiger partial charge < -0.3 is 19.2 Å². The van der Waals surface area contributed by atoms with Crippen molar-refractivity contribution in [3.05, 3.63) is 59.9 Å². The minimum atomic E-state index is -0.0486. The molecule has 1 amide bonds. The number of ether oxygens (including phenoxy) is 2. The molecule has 3 rings (SSSR count). The molecule has 0 bridgehead atoms. The molecule has 142 valence electrons. The summed E-state index contributed by atoms with van der Waals surface area (Å²) < 4.78 is 16.6. The molecule has 0 aliphatic heterocycles. The molecular weight excluding hydrogens is 342 g/mol. The molecule has 27 heavy (non-hydrogen) atoms. The number of furan rings is 1. The van der Waals surface area contributed by atoms with Crippen LogP contribution in [0.25, 0.3) is 11.0 Å². The first kappa shape index (κ1) is 18.8. The number of hydrogen-bond donors (Lipinski definition) is 1. The molecule has 0 unspecified atom stereocenters. The van der Waals surface area contributed by atoms with Gasteiger partial charge in [0.2, 0.25) is 5.91 Å². The molecule has 0 saturated heterocycles. The van der Waals surface area contributed by atoms with Crippen LogP contribution in [0.5, 0.6) is 11.5 Å². The molecule has 0 fully saturated rings. The third-order valence-corrected chi connectivity index (χ3v) is 4.31. The molecule has 2 aromatic carbocycles. The van der Waals surface area contributed by atoms with Crippen LogP contribution in [0.2, 0.25) is 0 Å². The lowest BCUT2D eigenvalue weighted by molar-refractivity contribution is -0.120. The van der Waals surface area contributed by atoms with Crippen molar-refractivity contribution in [3.63, 3.8) is 0 Å². The molecule has 0 saturated carbocycles. The topological polar surface area (TPSA) is 60.7 Å². The second kappa shape index (κ2) is 9.12. The van der Waals surface area contributed by atoms with Gasteiger partial charge in [-0.1, -0.05) is 19.1 Å². The Labute approximate surface area is 159 Å². The van der Waals surface area contributed by atoms with Crippen LogP contribution in [-0.4, -0.2) is 25.7 Å². The summed E-state index contributed by atoms with van der Waals surface area (Å²) in [6.07, 6.45) is 2.92. The average Bonchev–Trinajstić information content (AvgIpc) is 3.08. The Balaban J connectivity index is 1.44. The average molecular weight is 367 g/mol. The van der Waals surface area contributed by atoms with Crippen molar-refractivity contribution >= 4 is 16.9 Å². The van der Waals surface area contributed by atoms with Gasteiger partial charge in [-0.2, -0.15) is 0 Å². The lowest BCUT2D eigenvalue weighted by atomic mass is 10.1. The largest absolute Gasteiger partial charge is 0.494 e. The van der Waals surface area contributed by atoms with Crippen LogP contribution >= 0.6 is 0 Å². The van der Waals surface area contributed by atoms with Crippen molar-refractivity contribution in [1.82, 2.24) is 5.32 Å². The Morgan fingerprint density at radius 3 is 2.48 bits per heavy atom. The number of benzene rings is 2. The Morgan fingerprint density at radius 1 is 1.04 bits per heavy atom. The van der Waals surface area contributed by atoms with E-state index in [1.807, 2.05) is 43.3 Å². The van der Waals surface area contributed by atoms with Gasteiger partial charge in [0.25, 0.3) is 0 Å². The third-order valence-electron chi connectivity index (χ3n) is 4.31. The second-order valence-corrected chi connectivity index (χ2v) is 6.22. The van der Waals surface area contributed by atoms with Gasteiger partial charge in [-0.25, -0.2) is 0 Å². The molecular formula is C22H25NO4. The first-order valence-electron chi connectivity index (χ1n) is 9.31. The van der Waals surface area contributed by atoms with E-state index in [1.165, 1.54) is 5.56 Å². The maximum Gasteiger partial charge on any atom is 0.224 e. The van der Waals surface area contributed by atoms with Crippen molar-refractivity contribution in [2.45, 2.75) is 26.7 Å². The third kappa shape index (κ3) is 5.03. The zero-order valence-electron chi connectivity index (χ0n) is 15.8. The first-order chi connectivity index (χ1) is 13.2. The van der Waals surface area contributed by atoms with Crippen molar-refractivity contribution in [3.8, 4) is 11.5 Å². The van der Waals surface area contributed by atoms with Crippen LogP contribution in [-0.2, 0) is 17.6 Å². The predicted molar refractivity (Wildman–Crippen MR) is 105 cm³/mol. The highest BCUT2D eigenvalue weighted by Crippen LogP contribution is 2.23. The van der Waals surface area contributed by atoms with E-state index in [0.717, 1.165) is 34.5 Å². The summed E-state index contributed by atoms with van der Waals surface area (Å²) >= 11 is 0. The Bertz CT molecular complexity index is 883. The van der Waals surface area contributed by atoms with Crippen molar-refractivity contribution in [2.75, 3.05) is 19.8 Å². The number of amides is 1. The van der Waals surface area contributed by atoms with Crippen LogP contribution in [0, 0.1) is 0 Å². The van der Waals surface area contributed by atoms with Crippen molar-refractivity contribution in [1.29, 1.82) is 0 Å². The molecule has 0 aliphatic rings. The summed E-state index contributed by atoms with van der Waals surface area (Å²) in [5, 5.41) is 3.87. The summed E-state index contributed by atoms with van der Waals surface area (Å²) in [6.45, 7) is 5.54. The Morgan fingerprint density at radius 2 is 1.78 bits per heavy atom. The highest BCUT2D eigenvalue weighted by molar-refractivity contribution is 5.87. The molecule has 1 aromatic heterocycles.